The highest BCUT2D eigenvalue weighted by Gasteiger charge is 2.18. The van der Waals surface area contributed by atoms with Gasteiger partial charge in [0.25, 0.3) is 0 Å². The van der Waals surface area contributed by atoms with E-state index in [9.17, 15) is 0 Å². The average Bonchev–Trinajstić information content (AvgIpc) is 3.69. The molecule has 1 heterocycles. The molecule has 0 spiro atoms. The summed E-state index contributed by atoms with van der Waals surface area (Å²) in [6.07, 6.45) is 0. The molecular formula is C54H39B5O. The van der Waals surface area contributed by atoms with Crippen LogP contribution in [0.25, 0.3) is 110 Å². The molecule has 10 aromatic carbocycles. The molecular weight excluding hydrogens is 719 g/mol. The second kappa shape index (κ2) is 14.1. The molecule has 0 atom stereocenters. The SMILES string of the molecule is Bc1c(B)c(B)c(-c2cccc(-c3cc(-c4ccccc4)cc(-c4ccc5oc6cccc(-c7ccc8c9ccccc9c9ccccc9c8c7)c6c5c4)c3)c2)c(B)c1B. The maximum Gasteiger partial charge on any atom is 0.139 e. The molecule has 11 aromatic rings. The number of rotatable bonds is 5. The van der Waals surface area contributed by atoms with Crippen molar-refractivity contribution in [3.8, 4) is 55.6 Å². The highest BCUT2D eigenvalue weighted by Crippen LogP contribution is 2.42. The predicted octanol–water partition coefficient (Wildman–Crippen LogP) is 6.67. The van der Waals surface area contributed by atoms with Crippen molar-refractivity contribution in [1.29, 1.82) is 0 Å². The topological polar surface area (TPSA) is 13.1 Å². The summed E-state index contributed by atoms with van der Waals surface area (Å²) < 4.78 is 6.61. The molecule has 0 saturated carbocycles. The van der Waals surface area contributed by atoms with Crippen LogP contribution in [0.3, 0.4) is 0 Å². The molecule has 1 aromatic heterocycles. The van der Waals surface area contributed by atoms with Gasteiger partial charge < -0.3 is 4.42 Å². The monoisotopic (exact) mass is 758 g/mol. The zero-order valence-electron chi connectivity index (χ0n) is 34.7. The first kappa shape index (κ1) is 36.2. The van der Waals surface area contributed by atoms with Crippen LogP contribution in [0.2, 0.25) is 0 Å². The second-order valence-corrected chi connectivity index (χ2v) is 16.6. The minimum absolute atomic E-state index is 0.889. The summed E-state index contributed by atoms with van der Waals surface area (Å²) in [4.78, 5) is 0. The molecule has 6 heteroatoms. The van der Waals surface area contributed by atoms with E-state index in [0.717, 1.165) is 27.5 Å². The summed E-state index contributed by atoms with van der Waals surface area (Å²) >= 11 is 0. The largest absolute Gasteiger partial charge is 0.456 e. The molecule has 0 fully saturated rings. The van der Waals surface area contributed by atoms with Crippen molar-refractivity contribution in [3.05, 3.63) is 176 Å². The van der Waals surface area contributed by atoms with E-state index in [1.807, 2.05) is 0 Å². The Morgan fingerprint density at radius 2 is 0.733 bits per heavy atom. The molecule has 0 aliphatic heterocycles. The molecule has 0 unspecified atom stereocenters. The summed E-state index contributed by atoms with van der Waals surface area (Å²) in [5.41, 5.74) is 20.7. The van der Waals surface area contributed by atoms with Crippen molar-refractivity contribution in [2.24, 2.45) is 0 Å². The van der Waals surface area contributed by atoms with Gasteiger partial charge in [-0.15, -0.1) is 16.4 Å². The van der Waals surface area contributed by atoms with Crippen molar-refractivity contribution in [1.82, 2.24) is 0 Å². The zero-order chi connectivity index (χ0) is 40.6. The van der Waals surface area contributed by atoms with Gasteiger partial charge in [0.05, 0.1) is 0 Å². The molecule has 276 valence electrons. The number of hydrogen-bond acceptors (Lipinski definition) is 1. The van der Waals surface area contributed by atoms with Gasteiger partial charge in [0.1, 0.15) is 50.4 Å². The Balaban J connectivity index is 1.09. The second-order valence-electron chi connectivity index (χ2n) is 16.6. The van der Waals surface area contributed by atoms with Crippen LogP contribution in [0.5, 0.6) is 0 Å². The standard InChI is InChI=1S/C54H39B5O/c55-50-48(51(56)53(58)54(59)52(50)57)34-13-8-12-31(24-34)36-25-35(30-10-2-1-3-11-30)26-37(27-36)32-21-23-46-45(28-32)49-38(18-9-19-47(49)60-46)33-20-22-43-41-16-5-4-14-39(41)40-15-6-7-17-42(40)44(43)29-33/h1-29H,55-59H2. The lowest BCUT2D eigenvalue weighted by Crippen LogP contribution is -2.55. The van der Waals surface area contributed by atoms with E-state index >= 15 is 0 Å². The van der Waals surface area contributed by atoms with Gasteiger partial charge in [-0.3, -0.25) is 0 Å². The van der Waals surface area contributed by atoms with Crippen molar-refractivity contribution >= 4 is 121 Å². The van der Waals surface area contributed by atoms with E-state index in [1.165, 1.54) is 110 Å². The highest BCUT2D eigenvalue weighted by molar-refractivity contribution is 6.68. The van der Waals surface area contributed by atoms with Gasteiger partial charge in [-0.2, -0.15) is 0 Å². The Bertz CT molecular complexity index is 3490. The van der Waals surface area contributed by atoms with Crippen LogP contribution in [0, 0.1) is 0 Å². The first-order chi connectivity index (χ1) is 29.3. The maximum atomic E-state index is 6.61. The van der Waals surface area contributed by atoms with Crippen molar-refractivity contribution in [2.75, 3.05) is 0 Å². The van der Waals surface area contributed by atoms with E-state index in [1.54, 1.807) is 0 Å². The maximum absolute atomic E-state index is 6.61. The fraction of sp³-hybridized carbons (Fsp3) is 0. The third kappa shape index (κ3) is 5.77. The lowest BCUT2D eigenvalue weighted by Gasteiger charge is -2.21. The normalized spacial score (nSPS) is 11.7. The third-order valence-corrected chi connectivity index (χ3v) is 13.4. The van der Waals surface area contributed by atoms with Gasteiger partial charge in [-0.25, -0.2) is 0 Å². The Morgan fingerprint density at radius 3 is 1.40 bits per heavy atom. The molecule has 0 radical (unpaired) electrons. The van der Waals surface area contributed by atoms with E-state index in [4.69, 9.17) is 4.42 Å². The van der Waals surface area contributed by atoms with Crippen LogP contribution in [0.15, 0.2) is 180 Å². The average molecular weight is 758 g/mol. The van der Waals surface area contributed by atoms with E-state index in [-0.39, 0.29) is 0 Å². The van der Waals surface area contributed by atoms with Crippen LogP contribution in [0.1, 0.15) is 0 Å². The van der Waals surface area contributed by atoms with Gasteiger partial charge >= 0.3 is 0 Å². The highest BCUT2D eigenvalue weighted by atomic mass is 16.3. The number of fused-ring (bicyclic) bond motifs is 9. The van der Waals surface area contributed by atoms with E-state index in [2.05, 4.69) is 215 Å². The van der Waals surface area contributed by atoms with Crippen molar-refractivity contribution in [2.45, 2.75) is 0 Å². The Morgan fingerprint density at radius 1 is 0.267 bits per heavy atom. The fourth-order valence-electron chi connectivity index (χ4n) is 9.87. The van der Waals surface area contributed by atoms with Gasteiger partial charge in [0, 0.05) is 10.8 Å². The fourth-order valence-corrected chi connectivity index (χ4v) is 9.87. The Hall–Kier alpha value is -6.90. The molecule has 0 bridgehead atoms. The minimum atomic E-state index is 0.889. The number of hydrogen-bond donors (Lipinski definition) is 0. The quantitative estimate of drug-likeness (QED) is 0.141. The summed E-state index contributed by atoms with van der Waals surface area (Å²) in [5.74, 6) is 0. The van der Waals surface area contributed by atoms with Gasteiger partial charge in [0.2, 0.25) is 0 Å². The molecule has 0 N–H and O–H groups in total. The summed E-state index contributed by atoms with van der Waals surface area (Å²) in [6.45, 7) is 0. The predicted molar refractivity (Wildman–Crippen MR) is 274 cm³/mol. The van der Waals surface area contributed by atoms with Gasteiger partial charge in [-0.1, -0.05) is 138 Å². The number of furan rings is 1. The van der Waals surface area contributed by atoms with Crippen LogP contribution < -0.4 is 27.3 Å². The van der Waals surface area contributed by atoms with Crippen LogP contribution in [-0.4, -0.2) is 39.2 Å². The Labute approximate surface area is 355 Å². The molecule has 1 nitrogen and oxygen atoms in total. The summed E-state index contributed by atoms with van der Waals surface area (Å²) in [6, 6.07) is 64.6. The van der Waals surface area contributed by atoms with Crippen molar-refractivity contribution in [3.63, 3.8) is 0 Å². The molecule has 0 aliphatic carbocycles. The van der Waals surface area contributed by atoms with Crippen LogP contribution in [0.4, 0.5) is 0 Å². The molecule has 0 saturated heterocycles. The van der Waals surface area contributed by atoms with Gasteiger partial charge in [-0.05, 0) is 136 Å². The van der Waals surface area contributed by atoms with E-state index < -0.39 is 0 Å². The molecule has 60 heavy (non-hydrogen) atoms. The lowest BCUT2D eigenvalue weighted by atomic mass is 9.59. The lowest BCUT2D eigenvalue weighted by molar-refractivity contribution is 0.669. The third-order valence-electron chi connectivity index (χ3n) is 13.4. The molecule has 0 aliphatic rings. The number of benzene rings is 10. The van der Waals surface area contributed by atoms with Crippen molar-refractivity contribution < 1.29 is 4.42 Å². The minimum Gasteiger partial charge on any atom is -0.456 e. The zero-order valence-corrected chi connectivity index (χ0v) is 34.7. The summed E-state index contributed by atoms with van der Waals surface area (Å²) in [5, 5.41) is 9.92. The van der Waals surface area contributed by atoms with Crippen LogP contribution in [-0.2, 0) is 0 Å². The molecule has 11 rings (SSSR count). The Kier molecular flexibility index (Phi) is 8.53. The van der Waals surface area contributed by atoms with Crippen LogP contribution >= 0.6 is 0 Å². The van der Waals surface area contributed by atoms with Gasteiger partial charge in [0.15, 0.2) is 0 Å². The molecule has 0 amide bonds. The smallest absolute Gasteiger partial charge is 0.139 e. The summed E-state index contributed by atoms with van der Waals surface area (Å²) in [7, 11) is 11.3. The van der Waals surface area contributed by atoms with E-state index in [0.29, 0.717) is 0 Å². The first-order valence-corrected chi connectivity index (χ1v) is 21.0. The first-order valence-electron chi connectivity index (χ1n) is 21.0.